The Kier molecular flexibility index (Phi) is 16.5. The molecule has 0 aliphatic heterocycles. The van der Waals surface area contributed by atoms with Gasteiger partial charge in [-0.3, -0.25) is 0 Å². The van der Waals surface area contributed by atoms with Crippen LogP contribution >= 0.6 is 80.3 Å². The van der Waals surface area contributed by atoms with E-state index in [0.29, 0.717) is 10.4 Å². The van der Waals surface area contributed by atoms with Gasteiger partial charge in [0, 0.05) is 28.9 Å². The van der Waals surface area contributed by atoms with Gasteiger partial charge in [0.25, 0.3) is 0 Å². The molecule has 180 valence electrons. The van der Waals surface area contributed by atoms with Crippen molar-refractivity contribution >= 4 is 80.3 Å². The topological polar surface area (TPSA) is 51.6 Å². The van der Waals surface area contributed by atoms with Crippen molar-refractivity contribution in [3.63, 3.8) is 0 Å². The van der Waals surface area contributed by atoms with E-state index in [1.807, 2.05) is 50.2 Å². The summed E-state index contributed by atoms with van der Waals surface area (Å²) in [6.07, 6.45) is 4.10. The second-order valence-corrected chi connectivity index (χ2v) is 9.68. The van der Waals surface area contributed by atoms with Gasteiger partial charge in [-0.05, 0) is 64.8 Å². The van der Waals surface area contributed by atoms with Gasteiger partial charge in [-0.25, -0.2) is 19.9 Å². The van der Waals surface area contributed by atoms with E-state index >= 15 is 0 Å². The van der Waals surface area contributed by atoms with Gasteiger partial charge in [-0.15, -0.1) is 12.1 Å². The Hall–Kier alpha value is -0.597. The van der Waals surface area contributed by atoms with Crippen LogP contribution in [-0.4, -0.2) is 19.9 Å². The maximum atomic E-state index is 5.78. The van der Waals surface area contributed by atoms with Gasteiger partial charge in [-0.1, -0.05) is 61.7 Å². The molecule has 0 spiro atoms. The third-order valence-corrected chi connectivity index (χ3v) is 5.81. The summed E-state index contributed by atoms with van der Waals surface area (Å²) in [6, 6.07) is 16.0. The molecular formula is C24H20Br3Cl3N4Zn. The number of halogens is 6. The Labute approximate surface area is 254 Å². The van der Waals surface area contributed by atoms with Gasteiger partial charge in [0.1, 0.15) is 5.15 Å². The molecule has 0 bridgehead atoms. The summed E-state index contributed by atoms with van der Waals surface area (Å²) in [7, 11) is 0. The standard InChI is InChI=1S/C12H10BrClN2.C7H6Br.C5H4Cl2N2.BrH.Zn/c1-8-7-15-12(14)16-11(8)6-9-3-2-4-10(13)5-9;1-6-3-2-4-7(8)5-6;1-3-2-8-5(7)9-4(3)6;;/h2-5,7H,6H2,1H3;2-5H,1H2;2H,1H3;1H;/q;-1;;;+2/p-1. The summed E-state index contributed by atoms with van der Waals surface area (Å²) in [4.78, 5) is 15.6. The van der Waals surface area contributed by atoms with Gasteiger partial charge < -0.3 is 0 Å². The van der Waals surface area contributed by atoms with E-state index in [0.717, 1.165) is 37.8 Å². The summed E-state index contributed by atoms with van der Waals surface area (Å²) < 4.78 is 2.16. The van der Waals surface area contributed by atoms with Crippen molar-refractivity contribution in [1.82, 2.24) is 19.9 Å². The van der Waals surface area contributed by atoms with Crippen LogP contribution in [0.15, 0.2) is 69.9 Å². The molecule has 11 heteroatoms. The molecule has 2 aromatic carbocycles. The Bertz CT molecular complexity index is 1200. The average molecular weight is 776 g/mol. The molecule has 2 aromatic heterocycles. The number of benzene rings is 2. The van der Waals surface area contributed by atoms with Crippen molar-refractivity contribution in [3.05, 3.63) is 120 Å². The molecule has 0 aliphatic carbocycles. The molecule has 35 heavy (non-hydrogen) atoms. The Balaban J connectivity index is 0.000000274. The van der Waals surface area contributed by atoms with Crippen LogP contribution in [0.2, 0.25) is 15.7 Å². The Morgan fingerprint density at radius 1 is 0.800 bits per heavy atom. The maximum absolute atomic E-state index is 5.78. The molecule has 0 unspecified atom stereocenters. The second-order valence-electron chi connectivity index (χ2n) is 6.82. The molecule has 0 N–H and O–H groups in total. The summed E-state index contributed by atoms with van der Waals surface area (Å²) in [5, 5.41) is 0.899. The van der Waals surface area contributed by atoms with Gasteiger partial charge in [-0.2, -0.15) is 18.6 Å². The monoisotopic (exact) mass is 770 g/mol. The zero-order valence-electron chi connectivity index (χ0n) is 19.0. The van der Waals surface area contributed by atoms with E-state index in [-0.39, 0.29) is 5.28 Å². The number of nitrogens with zero attached hydrogens (tertiary/aromatic N) is 4. The first kappa shape index (κ1) is 32.4. The third kappa shape index (κ3) is 13.5. The number of aromatic nitrogens is 4. The summed E-state index contributed by atoms with van der Waals surface area (Å²) >= 11 is 27.8. The minimum absolute atomic E-state index is 0.186. The van der Waals surface area contributed by atoms with Crippen molar-refractivity contribution in [3.8, 4) is 0 Å². The van der Waals surface area contributed by atoms with Crippen LogP contribution in [0.1, 0.15) is 27.9 Å². The van der Waals surface area contributed by atoms with Crippen molar-refractivity contribution in [2.75, 3.05) is 0 Å². The predicted octanol–water partition coefficient (Wildman–Crippen LogP) is 9.36. The van der Waals surface area contributed by atoms with Crippen LogP contribution < -0.4 is 0 Å². The number of aryl methyl sites for hydroxylation is 2. The molecule has 4 aromatic rings. The van der Waals surface area contributed by atoms with Crippen LogP contribution in [0.3, 0.4) is 0 Å². The number of hydrogen-bond donors (Lipinski definition) is 0. The van der Waals surface area contributed by atoms with Crippen LogP contribution in [0.5, 0.6) is 0 Å². The van der Waals surface area contributed by atoms with Crippen LogP contribution in [0.25, 0.3) is 0 Å². The molecule has 4 rings (SSSR count). The molecule has 0 fully saturated rings. The fourth-order valence-electron chi connectivity index (χ4n) is 2.41. The fourth-order valence-corrected chi connectivity index (χ4v) is 3.76. The van der Waals surface area contributed by atoms with Crippen LogP contribution in [-0.2, 0) is 22.8 Å². The van der Waals surface area contributed by atoms with Crippen molar-refractivity contribution in [2.24, 2.45) is 0 Å². The van der Waals surface area contributed by atoms with Gasteiger partial charge in [0.15, 0.2) is 0 Å². The molecular weight excluding hydrogens is 756 g/mol. The average Bonchev–Trinajstić information content (AvgIpc) is 2.81. The first-order valence-electron chi connectivity index (χ1n) is 9.85. The third-order valence-electron chi connectivity index (χ3n) is 4.08. The van der Waals surface area contributed by atoms with Crippen molar-refractivity contribution in [1.29, 1.82) is 0 Å². The number of hydrogen-bond acceptors (Lipinski definition) is 4. The normalized spacial score (nSPS) is 9.54. The van der Waals surface area contributed by atoms with E-state index < -0.39 is 0 Å². The predicted molar refractivity (Wildman–Crippen MR) is 153 cm³/mol. The Morgan fingerprint density at radius 2 is 1.34 bits per heavy atom. The molecule has 0 saturated heterocycles. The van der Waals surface area contributed by atoms with Crippen molar-refractivity contribution < 1.29 is 16.3 Å². The molecule has 0 radical (unpaired) electrons. The molecule has 0 atom stereocenters. The fraction of sp³-hybridized carbons (Fsp3) is 0.125. The van der Waals surface area contributed by atoms with E-state index in [2.05, 4.69) is 84.5 Å². The van der Waals surface area contributed by atoms with E-state index in [9.17, 15) is 0 Å². The second kappa shape index (κ2) is 17.8. The zero-order valence-corrected chi connectivity index (χ0v) is 28.9. The van der Waals surface area contributed by atoms with E-state index in [1.54, 1.807) is 12.4 Å². The molecule has 4 nitrogen and oxygen atoms in total. The Morgan fingerprint density at radius 3 is 1.83 bits per heavy atom. The zero-order chi connectivity index (χ0) is 26.4. The van der Waals surface area contributed by atoms with Gasteiger partial charge >= 0.3 is 30.0 Å². The first-order valence-corrected chi connectivity index (χ1v) is 19.5. The summed E-state index contributed by atoms with van der Waals surface area (Å²) in [5.41, 5.74) is 5.11. The summed E-state index contributed by atoms with van der Waals surface area (Å²) in [6.45, 7) is 7.56. The van der Waals surface area contributed by atoms with Gasteiger partial charge in [0.2, 0.25) is 10.6 Å². The van der Waals surface area contributed by atoms with Crippen molar-refractivity contribution in [2.45, 2.75) is 20.3 Å². The first-order chi connectivity index (χ1) is 16.6. The number of rotatable bonds is 2. The van der Waals surface area contributed by atoms with E-state index in [4.69, 9.17) is 34.8 Å². The molecule has 0 aliphatic rings. The van der Waals surface area contributed by atoms with Gasteiger partial charge in [0.05, 0.1) is 5.69 Å². The molecule has 2 heterocycles. The van der Waals surface area contributed by atoms with Crippen LogP contribution in [0, 0.1) is 20.8 Å². The summed E-state index contributed by atoms with van der Waals surface area (Å²) in [5.74, 6) is 0. The van der Waals surface area contributed by atoms with E-state index in [1.165, 1.54) is 21.9 Å². The minimum atomic E-state index is 0.186. The SMILES string of the molecule is Cc1cnc(Cl)nc1Cc1cccc(Br)c1.Cc1cnc(Cl)nc1Cl.[CH2-]c1cccc(Br)c1.[Zn+][Br]. The molecule has 0 saturated carbocycles. The molecule has 0 amide bonds. The quantitative estimate of drug-likeness (QED) is 0.0882. The van der Waals surface area contributed by atoms with Crippen LogP contribution in [0.4, 0.5) is 0 Å².